The smallest absolute Gasteiger partial charge is 0.253 e. The molecule has 2 aromatic carbocycles. The molecule has 4 nitrogen and oxygen atoms in total. The van der Waals surface area contributed by atoms with Gasteiger partial charge < -0.3 is 10.6 Å². The summed E-state index contributed by atoms with van der Waals surface area (Å²) in [6.07, 6.45) is 1.06. The van der Waals surface area contributed by atoms with Gasteiger partial charge in [-0.15, -0.1) is 12.4 Å². The molecule has 1 fully saturated rings. The summed E-state index contributed by atoms with van der Waals surface area (Å²) < 4.78 is 0. The van der Waals surface area contributed by atoms with Gasteiger partial charge >= 0.3 is 0 Å². The quantitative estimate of drug-likeness (QED) is 0.867. The van der Waals surface area contributed by atoms with Crippen molar-refractivity contribution >= 4 is 24.0 Å². The average molecular weight is 346 g/mol. The van der Waals surface area contributed by atoms with E-state index in [-0.39, 0.29) is 18.3 Å². The lowest BCUT2D eigenvalue weighted by atomic mass is 10.1. The number of hydrogen-bond acceptors (Lipinski definition) is 3. The number of piperazine rings is 1. The fourth-order valence-electron chi connectivity index (χ4n) is 2.91. The van der Waals surface area contributed by atoms with Crippen molar-refractivity contribution in [3.05, 3.63) is 65.7 Å². The highest BCUT2D eigenvalue weighted by Crippen LogP contribution is 2.11. The van der Waals surface area contributed by atoms with Crippen molar-refractivity contribution in [2.75, 3.05) is 38.5 Å². The Balaban J connectivity index is 0.00000208. The van der Waals surface area contributed by atoms with Gasteiger partial charge in [0.2, 0.25) is 0 Å². The zero-order chi connectivity index (χ0) is 16.1. The maximum Gasteiger partial charge on any atom is 0.253 e. The van der Waals surface area contributed by atoms with Crippen molar-refractivity contribution in [3.63, 3.8) is 0 Å². The van der Waals surface area contributed by atoms with Crippen LogP contribution in [-0.4, -0.2) is 48.4 Å². The lowest BCUT2D eigenvalue weighted by molar-refractivity contribution is 0.0638. The maximum absolute atomic E-state index is 12.5. The number of nitrogen functional groups attached to an aromatic ring is 1. The Bertz CT molecular complexity index is 637. The first-order chi connectivity index (χ1) is 11.2. The lowest BCUT2D eigenvalue weighted by Crippen LogP contribution is -2.49. The van der Waals surface area contributed by atoms with Crippen LogP contribution in [0.3, 0.4) is 0 Å². The van der Waals surface area contributed by atoms with Gasteiger partial charge in [0.05, 0.1) is 0 Å². The van der Waals surface area contributed by atoms with E-state index in [4.69, 9.17) is 5.73 Å². The zero-order valence-electron chi connectivity index (χ0n) is 13.7. The summed E-state index contributed by atoms with van der Waals surface area (Å²) in [6, 6.07) is 17.7. The van der Waals surface area contributed by atoms with Crippen molar-refractivity contribution in [1.29, 1.82) is 0 Å². The number of rotatable bonds is 4. The second-order valence-electron chi connectivity index (χ2n) is 5.99. The van der Waals surface area contributed by atoms with E-state index in [1.165, 1.54) is 5.56 Å². The summed E-state index contributed by atoms with van der Waals surface area (Å²) in [5, 5.41) is 0. The molecule has 1 aliphatic heterocycles. The van der Waals surface area contributed by atoms with E-state index in [0.717, 1.165) is 44.7 Å². The predicted octanol–water partition coefficient (Wildman–Crippen LogP) is 2.69. The average Bonchev–Trinajstić information content (AvgIpc) is 2.61. The minimum absolute atomic E-state index is 0. The molecule has 0 spiro atoms. The first kappa shape index (κ1) is 18.3. The second-order valence-corrected chi connectivity index (χ2v) is 5.99. The Morgan fingerprint density at radius 2 is 1.54 bits per heavy atom. The van der Waals surface area contributed by atoms with Crippen LogP contribution in [0.5, 0.6) is 0 Å². The van der Waals surface area contributed by atoms with Gasteiger partial charge in [-0.05, 0) is 36.2 Å². The Morgan fingerprint density at radius 1 is 0.917 bits per heavy atom. The lowest BCUT2D eigenvalue weighted by Gasteiger charge is -2.34. The fraction of sp³-hybridized carbons (Fsp3) is 0.316. The van der Waals surface area contributed by atoms with Crippen LogP contribution in [-0.2, 0) is 6.42 Å². The van der Waals surface area contributed by atoms with Crippen molar-refractivity contribution in [2.24, 2.45) is 0 Å². The molecule has 2 N–H and O–H groups in total. The predicted molar refractivity (Wildman–Crippen MR) is 101 cm³/mol. The molecule has 24 heavy (non-hydrogen) atoms. The number of anilines is 1. The summed E-state index contributed by atoms with van der Waals surface area (Å²) in [7, 11) is 0. The standard InChI is InChI=1S/C19H23N3O.ClH/c20-18-8-6-17(7-9-18)19(23)22-14-12-21(13-15-22)11-10-16-4-2-1-3-5-16;/h1-9H,10-15,20H2;1H. The third-order valence-electron chi connectivity index (χ3n) is 4.38. The summed E-state index contributed by atoms with van der Waals surface area (Å²) in [4.78, 5) is 16.8. The van der Waals surface area contributed by atoms with Crippen molar-refractivity contribution in [1.82, 2.24) is 9.80 Å². The van der Waals surface area contributed by atoms with Crippen LogP contribution < -0.4 is 5.73 Å². The SMILES string of the molecule is Cl.Nc1ccc(C(=O)N2CCN(CCc3ccccc3)CC2)cc1. The third-order valence-corrected chi connectivity index (χ3v) is 4.38. The van der Waals surface area contributed by atoms with Gasteiger partial charge in [0.15, 0.2) is 0 Å². The first-order valence-electron chi connectivity index (χ1n) is 8.13. The Labute approximate surface area is 149 Å². The largest absolute Gasteiger partial charge is 0.399 e. The number of hydrogen-bond donors (Lipinski definition) is 1. The van der Waals surface area contributed by atoms with Gasteiger partial charge in [0.1, 0.15) is 0 Å². The van der Waals surface area contributed by atoms with Crippen LogP contribution in [0.25, 0.3) is 0 Å². The summed E-state index contributed by atoms with van der Waals surface area (Å²) in [5.41, 5.74) is 8.45. The van der Waals surface area contributed by atoms with Gasteiger partial charge in [0, 0.05) is 44.0 Å². The van der Waals surface area contributed by atoms with Crippen molar-refractivity contribution in [2.45, 2.75) is 6.42 Å². The topological polar surface area (TPSA) is 49.6 Å². The minimum Gasteiger partial charge on any atom is -0.399 e. The molecule has 1 heterocycles. The number of amides is 1. The van der Waals surface area contributed by atoms with E-state index in [1.807, 2.05) is 11.0 Å². The first-order valence-corrected chi connectivity index (χ1v) is 8.13. The summed E-state index contributed by atoms with van der Waals surface area (Å²) in [6.45, 7) is 4.50. The van der Waals surface area contributed by atoms with Gasteiger partial charge in [0.25, 0.3) is 5.91 Å². The van der Waals surface area contributed by atoms with Crippen LogP contribution in [0.15, 0.2) is 54.6 Å². The highest BCUT2D eigenvalue weighted by atomic mass is 35.5. The monoisotopic (exact) mass is 345 g/mol. The molecular weight excluding hydrogens is 322 g/mol. The maximum atomic E-state index is 12.5. The number of nitrogens with zero attached hydrogens (tertiary/aromatic N) is 2. The zero-order valence-corrected chi connectivity index (χ0v) is 14.5. The van der Waals surface area contributed by atoms with E-state index >= 15 is 0 Å². The molecule has 128 valence electrons. The van der Waals surface area contributed by atoms with Crippen LogP contribution in [0, 0.1) is 0 Å². The number of carbonyl (C=O) groups excluding carboxylic acids is 1. The molecule has 0 radical (unpaired) electrons. The van der Waals surface area contributed by atoms with Gasteiger partial charge in [-0.25, -0.2) is 0 Å². The van der Waals surface area contributed by atoms with Crippen molar-refractivity contribution < 1.29 is 4.79 Å². The van der Waals surface area contributed by atoms with Gasteiger partial charge in [-0.2, -0.15) is 0 Å². The number of benzene rings is 2. The second kappa shape index (κ2) is 8.71. The molecule has 1 amide bonds. The normalized spacial score (nSPS) is 14.9. The van der Waals surface area contributed by atoms with E-state index in [9.17, 15) is 4.79 Å². The molecule has 0 bridgehead atoms. The molecule has 0 saturated carbocycles. The fourth-order valence-corrected chi connectivity index (χ4v) is 2.91. The van der Waals surface area contributed by atoms with Gasteiger partial charge in [-0.1, -0.05) is 30.3 Å². The Morgan fingerprint density at radius 3 is 2.17 bits per heavy atom. The van der Waals surface area contributed by atoms with Crippen LogP contribution in [0.1, 0.15) is 15.9 Å². The summed E-state index contributed by atoms with van der Waals surface area (Å²) in [5.74, 6) is 0.104. The molecule has 0 atom stereocenters. The van der Waals surface area contributed by atoms with E-state index in [1.54, 1.807) is 24.3 Å². The van der Waals surface area contributed by atoms with Gasteiger partial charge in [-0.3, -0.25) is 9.69 Å². The number of carbonyl (C=O) groups is 1. The van der Waals surface area contributed by atoms with Crippen molar-refractivity contribution in [3.8, 4) is 0 Å². The molecule has 1 aliphatic rings. The van der Waals surface area contributed by atoms with Crippen LogP contribution in [0.4, 0.5) is 5.69 Å². The summed E-state index contributed by atoms with van der Waals surface area (Å²) >= 11 is 0. The third kappa shape index (κ3) is 4.73. The van der Waals surface area contributed by atoms with Crippen LogP contribution in [0.2, 0.25) is 0 Å². The highest BCUT2D eigenvalue weighted by Gasteiger charge is 2.21. The minimum atomic E-state index is 0. The molecule has 0 unspecified atom stereocenters. The van der Waals surface area contributed by atoms with E-state index in [2.05, 4.69) is 29.2 Å². The van der Waals surface area contributed by atoms with Crippen LogP contribution >= 0.6 is 12.4 Å². The Hall–Kier alpha value is -2.04. The molecule has 0 aliphatic carbocycles. The molecule has 3 rings (SSSR count). The molecule has 5 heteroatoms. The highest BCUT2D eigenvalue weighted by molar-refractivity contribution is 5.94. The molecular formula is C19H24ClN3O. The molecule has 1 saturated heterocycles. The van der Waals surface area contributed by atoms with E-state index < -0.39 is 0 Å². The molecule has 0 aromatic heterocycles. The number of halogens is 1. The number of nitrogens with two attached hydrogens (primary N) is 1. The molecule has 2 aromatic rings. The Kier molecular flexibility index (Phi) is 6.64. The van der Waals surface area contributed by atoms with E-state index in [0.29, 0.717) is 5.69 Å².